The van der Waals surface area contributed by atoms with Gasteiger partial charge in [0.15, 0.2) is 6.61 Å². The van der Waals surface area contributed by atoms with Crippen molar-refractivity contribution in [2.45, 2.75) is 44.9 Å². The maximum absolute atomic E-state index is 12.7. The Morgan fingerprint density at radius 2 is 1.96 bits per heavy atom. The first-order chi connectivity index (χ1) is 12.3. The highest BCUT2D eigenvalue weighted by molar-refractivity contribution is 5.95. The molecule has 2 saturated carbocycles. The molecule has 0 aromatic heterocycles. The Labute approximate surface area is 149 Å². The Hall–Kier alpha value is -1.81. The van der Waals surface area contributed by atoms with Gasteiger partial charge in [-0.05, 0) is 74.0 Å². The molecule has 25 heavy (non-hydrogen) atoms. The number of para-hydroxylation sites is 1. The van der Waals surface area contributed by atoms with Gasteiger partial charge in [0.1, 0.15) is 0 Å². The van der Waals surface area contributed by atoms with Gasteiger partial charge in [-0.2, -0.15) is 0 Å². The summed E-state index contributed by atoms with van der Waals surface area (Å²) in [5.41, 5.74) is 8.38. The van der Waals surface area contributed by atoms with Crippen molar-refractivity contribution in [3.8, 4) is 0 Å². The van der Waals surface area contributed by atoms with E-state index in [9.17, 15) is 4.79 Å². The summed E-state index contributed by atoms with van der Waals surface area (Å²) in [5.74, 6) is 2.51. The normalized spacial score (nSPS) is 29.8. The summed E-state index contributed by atoms with van der Waals surface area (Å²) < 4.78 is 0. The van der Waals surface area contributed by atoms with Gasteiger partial charge in [0, 0.05) is 23.8 Å². The molecule has 1 aromatic carbocycles. The number of amides is 1. The molecule has 5 aliphatic rings. The molecule has 1 aliphatic heterocycles. The number of allylic oxidation sites excluding steroid dienone is 2. The fraction of sp³-hybridized carbons (Fsp3) is 0.571. The number of carbonyl (C=O) groups is 1. The van der Waals surface area contributed by atoms with Crippen molar-refractivity contribution in [1.29, 1.82) is 0 Å². The van der Waals surface area contributed by atoms with E-state index in [0.29, 0.717) is 5.92 Å². The number of rotatable bonds is 4. The Bertz CT molecular complexity index is 710. The topological polar surface area (TPSA) is 41.6 Å². The van der Waals surface area contributed by atoms with Crippen LogP contribution in [0.2, 0.25) is 0 Å². The predicted molar refractivity (Wildman–Crippen MR) is 96.8 cm³/mol. The summed E-state index contributed by atoms with van der Waals surface area (Å²) >= 11 is 0. The molecule has 0 saturated heterocycles. The lowest BCUT2D eigenvalue weighted by Gasteiger charge is -2.47. The Kier molecular flexibility index (Phi) is 3.81. The molecule has 4 aliphatic carbocycles. The largest absolute Gasteiger partial charge is 0.310 e. The fourth-order valence-corrected chi connectivity index (χ4v) is 5.62. The molecule has 4 bridgehead atoms. The van der Waals surface area contributed by atoms with Crippen LogP contribution in [0.5, 0.6) is 0 Å². The van der Waals surface area contributed by atoms with Crippen LogP contribution in [-0.4, -0.2) is 19.1 Å². The van der Waals surface area contributed by atoms with Crippen LogP contribution in [0.1, 0.15) is 44.1 Å². The van der Waals surface area contributed by atoms with Crippen molar-refractivity contribution in [3.63, 3.8) is 0 Å². The van der Waals surface area contributed by atoms with E-state index >= 15 is 0 Å². The van der Waals surface area contributed by atoms with Crippen LogP contribution in [0.3, 0.4) is 0 Å². The first-order valence-electron chi connectivity index (χ1n) is 9.76. The smallest absolute Gasteiger partial charge is 0.255 e. The second kappa shape index (κ2) is 6.17. The average Bonchev–Trinajstić information content (AvgIpc) is 2.63. The van der Waals surface area contributed by atoms with Crippen LogP contribution in [0, 0.1) is 17.8 Å². The molecule has 6 rings (SSSR count). The number of benzene rings is 1. The maximum atomic E-state index is 12.7. The highest BCUT2D eigenvalue weighted by Crippen LogP contribution is 2.52. The van der Waals surface area contributed by atoms with E-state index in [4.69, 9.17) is 4.84 Å². The molecule has 1 amide bonds. The van der Waals surface area contributed by atoms with Gasteiger partial charge in [-0.25, -0.2) is 0 Å². The van der Waals surface area contributed by atoms with E-state index in [1.807, 2.05) is 23.1 Å². The van der Waals surface area contributed by atoms with Gasteiger partial charge in [-0.3, -0.25) is 15.1 Å². The van der Waals surface area contributed by atoms with Crippen molar-refractivity contribution in [3.05, 3.63) is 41.1 Å². The highest BCUT2D eigenvalue weighted by atomic mass is 16.6. The second-order valence-electron chi connectivity index (χ2n) is 8.23. The quantitative estimate of drug-likeness (QED) is 0.853. The van der Waals surface area contributed by atoms with E-state index in [1.54, 1.807) is 5.57 Å². The molecule has 132 valence electrons. The number of hydrogen-bond acceptors (Lipinski definition) is 3. The highest BCUT2D eigenvalue weighted by Gasteiger charge is 2.42. The summed E-state index contributed by atoms with van der Waals surface area (Å²) in [5, 5.41) is 0. The van der Waals surface area contributed by atoms with Gasteiger partial charge in [0.25, 0.3) is 5.91 Å². The van der Waals surface area contributed by atoms with Crippen LogP contribution in [0.4, 0.5) is 5.69 Å². The Morgan fingerprint density at radius 3 is 2.76 bits per heavy atom. The lowest BCUT2D eigenvalue weighted by Crippen LogP contribution is -2.42. The van der Waals surface area contributed by atoms with Crippen LogP contribution in [0.15, 0.2) is 35.5 Å². The summed E-state index contributed by atoms with van der Waals surface area (Å²) in [6.45, 7) is 0.893. The zero-order valence-corrected chi connectivity index (χ0v) is 14.7. The SMILES string of the molecule is O=C(CONC1=C2C[C@@H]3CC1C[C@H](C2)C3)N1CCCc2ccccc21. The number of nitrogens with one attached hydrogen (secondary N) is 1. The maximum Gasteiger partial charge on any atom is 0.255 e. The molecule has 4 nitrogen and oxygen atoms in total. The number of anilines is 1. The molecule has 1 aromatic rings. The monoisotopic (exact) mass is 338 g/mol. The van der Waals surface area contributed by atoms with Crippen LogP contribution in [-0.2, 0) is 16.1 Å². The summed E-state index contributed by atoms with van der Waals surface area (Å²) in [4.78, 5) is 20.2. The van der Waals surface area contributed by atoms with Gasteiger partial charge < -0.3 is 4.90 Å². The minimum absolute atomic E-state index is 0.0501. The third kappa shape index (κ3) is 2.77. The molecule has 1 heterocycles. The van der Waals surface area contributed by atoms with Crippen molar-refractivity contribution < 1.29 is 9.63 Å². The van der Waals surface area contributed by atoms with Crippen molar-refractivity contribution in [1.82, 2.24) is 5.48 Å². The van der Waals surface area contributed by atoms with E-state index in [2.05, 4.69) is 11.5 Å². The number of aryl methyl sites for hydroxylation is 1. The molecule has 0 radical (unpaired) electrons. The van der Waals surface area contributed by atoms with Gasteiger partial charge in [0.2, 0.25) is 0 Å². The zero-order chi connectivity index (χ0) is 16.8. The van der Waals surface area contributed by atoms with Gasteiger partial charge in [-0.15, -0.1) is 0 Å². The predicted octanol–water partition coefficient (Wildman–Crippen LogP) is 3.58. The molecule has 1 unspecified atom stereocenters. The van der Waals surface area contributed by atoms with Crippen molar-refractivity contribution in [2.24, 2.45) is 17.8 Å². The molecular formula is C21H26N2O2. The number of nitrogens with zero attached hydrogens (tertiary/aromatic N) is 1. The summed E-state index contributed by atoms with van der Waals surface area (Å²) in [7, 11) is 0. The molecular weight excluding hydrogens is 312 g/mol. The fourth-order valence-electron chi connectivity index (χ4n) is 5.62. The van der Waals surface area contributed by atoms with E-state index in [-0.39, 0.29) is 12.5 Å². The van der Waals surface area contributed by atoms with E-state index in [0.717, 1.165) is 36.9 Å². The lowest BCUT2D eigenvalue weighted by molar-refractivity contribution is -0.125. The molecule has 0 spiro atoms. The van der Waals surface area contributed by atoms with Crippen LogP contribution < -0.4 is 10.4 Å². The summed E-state index contributed by atoms with van der Waals surface area (Å²) in [6.07, 6.45) is 8.60. The molecule has 4 heteroatoms. The van der Waals surface area contributed by atoms with Crippen molar-refractivity contribution >= 4 is 11.6 Å². The van der Waals surface area contributed by atoms with Gasteiger partial charge in [-0.1, -0.05) is 18.2 Å². The molecule has 1 N–H and O–H groups in total. The van der Waals surface area contributed by atoms with Crippen LogP contribution >= 0.6 is 0 Å². The minimum Gasteiger partial charge on any atom is -0.310 e. The van der Waals surface area contributed by atoms with Gasteiger partial charge >= 0.3 is 0 Å². The third-order valence-electron chi connectivity index (χ3n) is 6.55. The first-order valence-corrected chi connectivity index (χ1v) is 9.76. The number of carbonyl (C=O) groups excluding carboxylic acids is 1. The minimum atomic E-state index is 0.0501. The number of fused-ring (bicyclic) bond motifs is 1. The van der Waals surface area contributed by atoms with E-state index in [1.165, 1.54) is 43.4 Å². The Morgan fingerprint density at radius 1 is 1.16 bits per heavy atom. The van der Waals surface area contributed by atoms with Crippen molar-refractivity contribution in [2.75, 3.05) is 18.1 Å². The lowest BCUT2D eigenvalue weighted by atomic mass is 9.60. The average molecular weight is 338 g/mol. The second-order valence-corrected chi connectivity index (χ2v) is 8.23. The van der Waals surface area contributed by atoms with Gasteiger partial charge in [0.05, 0.1) is 0 Å². The first kappa shape index (κ1) is 15.4. The Balaban J connectivity index is 1.22. The zero-order valence-electron chi connectivity index (χ0n) is 14.7. The number of hydroxylamine groups is 1. The number of hydrogen-bond donors (Lipinski definition) is 1. The molecule has 2 fully saturated rings. The summed E-state index contributed by atoms with van der Waals surface area (Å²) in [6, 6.07) is 8.22. The van der Waals surface area contributed by atoms with E-state index < -0.39 is 0 Å². The van der Waals surface area contributed by atoms with Crippen LogP contribution in [0.25, 0.3) is 0 Å². The standard InChI is InChI=1S/C21H26N2O2/c24-20(23-7-3-5-16-4-1-2-6-19(16)23)13-25-22-21-17-9-14-8-15(11-17)12-18(21)10-14/h1-2,4,6,14-15,17,22H,3,5,7-13H2/t14-,15+,17?. The third-order valence-corrected chi connectivity index (χ3v) is 6.55. The molecule has 3 atom stereocenters.